The third-order valence-electron chi connectivity index (χ3n) is 6.51. The van der Waals surface area contributed by atoms with E-state index in [4.69, 9.17) is 16.3 Å². The van der Waals surface area contributed by atoms with Gasteiger partial charge >= 0.3 is 0 Å². The fraction of sp³-hybridized carbons (Fsp3) is 0.0645. The van der Waals surface area contributed by atoms with Crippen LogP contribution < -0.4 is 5.32 Å². The van der Waals surface area contributed by atoms with Crippen LogP contribution in [0.3, 0.4) is 0 Å². The molecule has 0 aliphatic carbocycles. The van der Waals surface area contributed by atoms with Crippen LogP contribution in [0.1, 0.15) is 34.6 Å². The predicted molar refractivity (Wildman–Crippen MR) is 150 cm³/mol. The van der Waals surface area contributed by atoms with E-state index in [1.54, 1.807) is 42.5 Å². The van der Waals surface area contributed by atoms with Gasteiger partial charge in [-0.25, -0.2) is 0 Å². The quantitative estimate of drug-likeness (QED) is 0.256. The van der Waals surface area contributed by atoms with Crippen molar-refractivity contribution < 1.29 is 14.3 Å². The fourth-order valence-electron chi connectivity index (χ4n) is 4.76. The summed E-state index contributed by atoms with van der Waals surface area (Å²) in [5, 5.41) is 13.2. The van der Waals surface area contributed by atoms with Gasteiger partial charge in [-0.2, -0.15) is 5.01 Å². The van der Waals surface area contributed by atoms with Gasteiger partial charge in [0.05, 0.1) is 10.6 Å². The SMILES string of the molecule is CC(=O)N1N=C(c2cccc(NC(=O)c3ccccc3Cl)c2)OC1c1c2ccccc2cc2ccccc12. The lowest BCUT2D eigenvalue weighted by Gasteiger charge is -2.23. The lowest BCUT2D eigenvalue weighted by Crippen LogP contribution is -2.25. The van der Waals surface area contributed by atoms with Crippen LogP contribution in [-0.4, -0.2) is 22.7 Å². The van der Waals surface area contributed by atoms with Crippen LogP contribution in [0.5, 0.6) is 0 Å². The molecule has 2 amide bonds. The van der Waals surface area contributed by atoms with Crippen molar-refractivity contribution in [2.45, 2.75) is 13.2 Å². The standard InChI is InChI=1S/C31H22ClN3O3/c1-19(36)35-31(28-24-13-4-2-9-20(24)17-21-10-3-5-14-25(21)28)38-30(34-35)22-11-8-12-23(18-22)33-29(37)26-15-6-7-16-27(26)32/h2-18,31H,1H3,(H,33,37). The average molecular weight is 520 g/mol. The number of benzene rings is 5. The van der Waals surface area contributed by atoms with E-state index in [-0.39, 0.29) is 17.7 Å². The van der Waals surface area contributed by atoms with Crippen LogP contribution in [0.25, 0.3) is 21.5 Å². The lowest BCUT2D eigenvalue weighted by molar-refractivity contribution is -0.135. The van der Waals surface area contributed by atoms with Gasteiger partial charge in [0, 0.05) is 23.7 Å². The van der Waals surface area contributed by atoms with Crippen molar-refractivity contribution in [1.82, 2.24) is 5.01 Å². The third-order valence-corrected chi connectivity index (χ3v) is 6.84. The number of halogens is 1. The van der Waals surface area contributed by atoms with Crippen LogP contribution in [-0.2, 0) is 9.53 Å². The average Bonchev–Trinajstić information content (AvgIpc) is 3.37. The first-order valence-electron chi connectivity index (χ1n) is 12.1. The summed E-state index contributed by atoms with van der Waals surface area (Å²) in [6.45, 7) is 1.47. The minimum Gasteiger partial charge on any atom is -0.446 e. The van der Waals surface area contributed by atoms with E-state index < -0.39 is 6.23 Å². The number of carbonyl (C=O) groups is 2. The zero-order valence-corrected chi connectivity index (χ0v) is 21.1. The minimum atomic E-state index is -0.750. The Kier molecular flexibility index (Phi) is 6.02. The molecule has 1 aliphatic heterocycles. The van der Waals surface area contributed by atoms with E-state index >= 15 is 0 Å². The summed E-state index contributed by atoms with van der Waals surface area (Å²) in [5.74, 6) is -0.284. The summed E-state index contributed by atoms with van der Waals surface area (Å²) in [7, 11) is 0. The smallest absolute Gasteiger partial charge is 0.257 e. The largest absolute Gasteiger partial charge is 0.446 e. The first-order chi connectivity index (χ1) is 18.5. The summed E-state index contributed by atoms with van der Waals surface area (Å²) >= 11 is 6.19. The lowest BCUT2D eigenvalue weighted by atomic mass is 9.95. The van der Waals surface area contributed by atoms with Crippen molar-refractivity contribution in [1.29, 1.82) is 0 Å². The van der Waals surface area contributed by atoms with Gasteiger partial charge in [0.2, 0.25) is 18.0 Å². The van der Waals surface area contributed by atoms with Crippen LogP contribution >= 0.6 is 11.6 Å². The Balaban J connectivity index is 1.38. The topological polar surface area (TPSA) is 71.0 Å². The first-order valence-corrected chi connectivity index (χ1v) is 12.5. The van der Waals surface area contributed by atoms with Gasteiger partial charge in [-0.15, -0.1) is 5.10 Å². The van der Waals surface area contributed by atoms with E-state index in [9.17, 15) is 9.59 Å². The van der Waals surface area contributed by atoms with Crippen LogP contribution in [0.4, 0.5) is 5.69 Å². The highest BCUT2D eigenvalue weighted by Crippen LogP contribution is 2.39. The van der Waals surface area contributed by atoms with Crippen LogP contribution in [0.2, 0.25) is 5.02 Å². The van der Waals surface area contributed by atoms with E-state index in [1.165, 1.54) is 11.9 Å². The second-order valence-electron chi connectivity index (χ2n) is 8.99. The highest BCUT2D eigenvalue weighted by atomic mass is 35.5. The normalized spacial score (nSPS) is 14.8. The molecule has 6 rings (SSSR count). The molecule has 1 aliphatic rings. The molecule has 1 heterocycles. The number of hydrazone groups is 1. The number of nitrogens with one attached hydrogen (secondary N) is 1. The van der Waals surface area contributed by atoms with Crippen LogP contribution in [0, 0.1) is 0 Å². The molecule has 0 bridgehead atoms. The molecule has 1 atom stereocenters. The Morgan fingerprint density at radius 3 is 2.18 bits per heavy atom. The van der Waals surface area contributed by atoms with Gasteiger partial charge in [-0.05, 0) is 57.9 Å². The molecule has 0 radical (unpaired) electrons. The molecule has 5 aromatic rings. The van der Waals surface area contributed by atoms with E-state index in [1.807, 2.05) is 54.6 Å². The molecule has 186 valence electrons. The molecular formula is C31H22ClN3O3. The van der Waals surface area contributed by atoms with Gasteiger partial charge < -0.3 is 10.1 Å². The number of fused-ring (bicyclic) bond motifs is 2. The van der Waals surface area contributed by atoms with E-state index in [0.717, 1.165) is 27.1 Å². The van der Waals surface area contributed by atoms with E-state index in [2.05, 4.69) is 16.5 Å². The molecule has 7 heteroatoms. The third kappa shape index (κ3) is 4.25. The van der Waals surface area contributed by atoms with Crippen molar-refractivity contribution in [3.63, 3.8) is 0 Å². The number of amides is 2. The molecule has 5 aromatic carbocycles. The maximum atomic E-state index is 12.8. The first kappa shape index (κ1) is 23.7. The number of ether oxygens (including phenoxy) is 1. The number of rotatable bonds is 4. The zero-order valence-electron chi connectivity index (χ0n) is 20.4. The monoisotopic (exact) mass is 519 g/mol. The zero-order chi connectivity index (χ0) is 26.2. The van der Waals surface area contributed by atoms with Gasteiger partial charge in [-0.3, -0.25) is 9.59 Å². The van der Waals surface area contributed by atoms with Crippen molar-refractivity contribution in [2.75, 3.05) is 5.32 Å². The maximum Gasteiger partial charge on any atom is 0.257 e. The second-order valence-corrected chi connectivity index (χ2v) is 9.39. The highest BCUT2D eigenvalue weighted by Gasteiger charge is 2.35. The molecule has 0 saturated carbocycles. The molecule has 1 unspecified atom stereocenters. The van der Waals surface area contributed by atoms with Crippen molar-refractivity contribution in [3.05, 3.63) is 125 Å². The number of anilines is 1. The van der Waals surface area contributed by atoms with Gasteiger partial charge in [0.15, 0.2) is 0 Å². The number of carbonyl (C=O) groups excluding carboxylic acids is 2. The molecule has 0 aromatic heterocycles. The Bertz CT molecular complexity index is 1710. The molecule has 0 spiro atoms. The number of hydrogen-bond donors (Lipinski definition) is 1. The van der Waals surface area contributed by atoms with Gasteiger partial charge in [0.25, 0.3) is 5.91 Å². The molecule has 0 fully saturated rings. The summed E-state index contributed by atoms with van der Waals surface area (Å²) in [6, 6.07) is 32.2. The minimum absolute atomic E-state index is 0.245. The second kappa shape index (κ2) is 9.65. The van der Waals surface area contributed by atoms with Crippen LogP contribution in [0.15, 0.2) is 108 Å². The number of hydrogen-bond acceptors (Lipinski definition) is 4. The van der Waals surface area contributed by atoms with Crippen molar-refractivity contribution in [3.8, 4) is 0 Å². The molecule has 1 N–H and O–H groups in total. The highest BCUT2D eigenvalue weighted by molar-refractivity contribution is 6.34. The summed E-state index contributed by atoms with van der Waals surface area (Å²) in [6.07, 6.45) is -0.750. The Hall–Kier alpha value is -4.68. The van der Waals surface area contributed by atoms with E-state index in [0.29, 0.717) is 21.8 Å². The number of nitrogens with zero attached hydrogens (tertiary/aromatic N) is 2. The summed E-state index contributed by atoms with van der Waals surface area (Å²) in [5.41, 5.74) is 2.42. The fourth-order valence-corrected chi connectivity index (χ4v) is 4.98. The Morgan fingerprint density at radius 2 is 1.50 bits per heavy atom. The maximum absolute atomic E-state index is 12.8. The molecule has 38 heavy (non-hydrogen) atoms. The Labute approximate surface area is 224 Å². The Morgan fingerprint density at radius 1 is 0.842 bits per heavy atom. The summed E-state index contributed by atoms with van der Waals surface area (Å²) < 4.78 is 6.41. The summed E-state index contributed by atoms with van der Waals surface area (Å²) in [4.78, 5) is 25.5. The van der Waals surface area contributed by atoms with Crippen molar-refractivity contribution >= 4 is 56.5 Å². The van der Waals surface area contributed by atoms with Gasteiger partial charge in [0.1, 0.15) is 0 Å². The molecule has 0 saturated heterocycles. The van der Waals surface area contributed by atoms with Gasteiger partial charge in [-0.1, -0.05) is 78.3 Å². The molecule has 6 nitrogen and oxygen atoms in total. The predicted octanol–water partition coefficient (Wildman–Crippen LogP) is 7.14. The molecular weight excluding hydrogens is 498 g/mol. The van der Waals surface area contributed by atoms with Crippen molar-refractivity contribution in [2.24, 2.45) is 5.10 Å².